The Morgan fingerprint density at radius 1 is 1.20 bits per heavy atom. The van der Waals surface area contributed by atoms with Crippen LogP contribution >= 0.6 is 0 Å². The van der Waals surface area contributed by atoms with Crippen molar-refractivity contribution in [2.45, 2.75) is 38.2 Å². The van der Waals surface area contributed by atoms with E-state index in [1.165, 1.54) is 31.3 Å². The van der Waals surface area contributed by atoms with E-state index in [2.05, 4.69) is 0 Å². The number of morpholine rings is 1. The first-order valence-corrected chi connectivity index (χ1v) is 7.47. The molecule has 1 atom stereocenters. The molecule has 1 heterocycles. The molecule has 3 rings (SSSR count). The monoisotopic (exact) mass is 279 g/mol. The molecule has 20 heavy (non-hydrogen) atoms. The first kappa shape index (κ1) is 13.6. The minimum Gasteiger partial charge on any atom is -0.481 e. The Balaban J connectivity index is 1.61. The number of rotatable bonds is 5. The van der Waals surface area contributed by atoms with Crippen LogP contribution in [0.5, 0.6) is 0 Å². The molecule has 1 N–H and O–H groups in total. The van der Waals surface area contributed by atoms with E-state index in [9.17, 15) is 9.59 Å². The summed E-state index contributed by atoms with van der Waals surface area (Å²) in [7, 11) is 0. The summed E-state index contributed by atoms with van der Waals surface area (Å²) in [5.41, 5.74) is 1.34. The molecule has 0 unspecified atom stereocenters. The number of allylic oxidation sites excluding steroid dienone is 1. The third-order valence-corrected chi connectivity index (χ3v) is 4.24. The van der Waals surface area contributed by atoms with E-state index in [1.807, 2.05) is 6.08 Å². The number of hydrogen-bond acceptors (Lipinski definition) is 3. The highest BCUT2D eigenvalue weighted by Gasteiger charge is 2.37. The number of carbonyl (C=O) groups excluding carboxylic acids is 1. The van der Waals surface area contributed by atoms with Crippen molar-refractivity contribution in [3.05, 3.63) is 11.6 Å². The van der Waals surface area contributed by atoms with Crippen LogP contribution in [0.4, 0.5) is 0 Å². The molecule has 3 aliphatic rings. The van der Waals surface area contributed by atoms with Crippen LogP contribution < -0.4 is 0 Å². The average Bonchev–Trinajstić information content (AvgIpc) is 3.28. The van der Waals surface area contributed by atoms with Gasteiger partial charge in [-0.05, 0) is 37.5 Å². The lowest BCUT2D eigenvalue weighted by Gasteiger charge is -2.31. The molecule has 0 aromatic carbocycles. The van der Waals surface area contributed by atoms with Crippen molar-refractivity contribution < 1.29 is 19.4 Å². The van der Waals surface area contributed by atoms with Gasteiger partial charge in [0.05, 0.1) is 19.1 Å². The van der Waals surface area contributed by atoms with Gasteiger partial charge in [-0.15, -0.1) is 0 Å². The molecular weight excluding hydrogens is 258 g/mol. The van der Waals surface area contributed by atoms with Crippen LogP contribution in [0.1, 0.15) is 32.1 Å². The summed E-state index contributed by atoms with van der Waals surface area (Å²) < 4.78 is 5.40. The largest absolute Gasteiger partial charge is 0.481 e. The van der Waals surface area contributed by atoms with Gasteiger partial charge in [0.1, 0.15) is 0 Å². The van der Waals surface area contributed by atoms with Gasteiger partial charge in [-0.25, -0.2) is 0 Å². The van der Waals surface area contributed by atoms with Gasteiger partial charge in [-0.1, -0.05) is 5.57 Å². The van der Waals surface area contributed by atoms with Gasteiger partial charge in [0.25, 0.3) is 0 Å². The summed E-state index contributed by atoms with van der Waals surface area (Å²) in [5, 5.41) is 8.80. The number of aliphatic carboxylic acids is 1. The van der Waals surface area contributed by atoms with Crippen molar-refractivity contribution in [3.63, 3.8) is 0 Å². The Morgan fingerprint density at radius 2 is 1.85 bits per heavy atom. The fraction of sp³-hybridized carbons (Fsp3) is 0.733. The lowest BCUT2D eigenvalue weighted by molar-refractivity contribution is -0.145. The first-order chi connectivity index (χ1) is 9.63. The van der Waals surface area contributed by atoms with E-state index in [0.717, 1.165) is 0 Å². The topological polar surface area (TPSA) is 66.8 Å². The molecule has 1 saturated heterocycles. The number of amides is 1. The SMILES string of the molecule is O=C(O)C[C@@H]1CN(C(=O)C=C(C2CC2)C2CC2)CCO1. The predicted molar refractivity (Wildman–Crippen MR) is 72.1 cm³/mol. The van der Waals surface area contributed by atoms with Gasteiger partial charge < -0.3 is 14.7 Å². The predicted octanol–water partition coefficient (Wildman–Crippen LogP) is 1.43. The average molecular weight is 279 g/mol. The van der Waals surface area contributed by atoms with E-state index in [0.29, 0.717) is 31.5 Å². The third kappa shape index (κ3) is 3.39. The van der Waals surface area contributed by atoms with Crippen molar-refractivity contribution in [2.24, 2.45) is 11.8 Å². The standard InChI is InChI=1S/C15H21NO4/c17-14(8-13(10-1-2-10)11-3-4-11)16-5-6-20-12(9-16)7-15(18)19/h8,10-12H,1-7,9H2,(H,18,19)/t12-/m1/s1. The van der Waals surface area contributed by atoms with Crippen LogP contribution in [0.2, 0.25) is 0 Å². The number of carboxylic acid groups (broad SMARTS) is 1. The zero-order valence-electron chi connectivity index (χ0n) is 11.6. The van der Waals surface area contributed by atoms with Crippen molar-refractivity contribution in [2.75, 3.05) is 19.7 Å². The molecule has 5 heteroatoms. The van der Waals surface area contributed by atoms with Gasteiger partial charge in [0.15, 0.2) is 0 Å². The number of nitrogens with zero attached hydrogens (tertiary/aromatic N) is 1. The van der Waals surface area contributed by atoms with E-state index in [4.69, 9.17) is 9.84 Å². The van der Waals surface area contributed by atoms with Crippen molar-refractivity contribution in [1.82, 2.24) is 4.90 Å². The molecular formula is C15H21NO4. The summed E-state index contributed by atoms with van der Waals surface area (Å²) in [4.78, 5) is 24.8. The van der Waals surface area contributed by atoms with Crippen molar-refractivity contribution in [3.8, 4) is 0 Å². The molecule has 0 spiro atoms. The number of carboxylic acids is 1. The Morgan fingerprint density at radius 3 is 2.40 bits per heavy atom. The lowest BCUT2D eigenvalue weighted by Crippen LogP contribution is -2.45. The van der Waals surface area contributed by atoms with Crippen LogP contribution in [-0.2, 0) is 14.3 Å². The molecule has 2 saturated carbocycles. The fourth-order valence-electron chi connectivity index (χ4n) is 2.87. The maximum Gasteiger partial charge on any atom is 0.306 e. The minimum absolute atomic E-state index is 0.0361. The molecule has 0 bridgehead atoms. The molecule has 3 fully saturated rings. The van der Waals surface area contributed by atoms with Gasteiger partial charge in [0, 0.05) is 19.2 Å². The van der Waals surface area contributed by atoms with Crippen LogP contribution in [0.15, 0.2) is 11.6 Å². The summed E-state index contributed by atoms with van der Waals surface area (Å²) in [6, 6.07) is 0. The maximum atomic E-state index is 12.4. The van der Waals surface area contributed by atoms with E-state index < -0.39 is 5.97 Å². The van der Waals surface area contributed by atoms with Crippen LogP contribution in [-0.4, -0.2) is 47.7 Å². The molecule has 0 aromatic rings. The number of ether oxygens (including phenoxy) is 1. The van der Waals surface area contributed by atoms with Gasteiger partial charge in [-0.2, -0.15) is 0 Å². The van der Waals surface area contributed by atoms with E-state index in [1.54, 1.807) is 4.90 Å². The molecule has 2 aliphatic carbocycles. The summed E-state index contributed by atoms with van der Waals surface area (Å²) in [5.74, 6) is 0.443. The molecule has 0 radical (unpaired) electrons. The van der Waals surface area contributed by atoms with Crippen molar-refractivity contribution >= 4 is 11.9 Å². The second-order valence-electron chi connectivity index (χ2n) is 6.07. The molecule has 5 nitrogen and oxygen atoms in total. The second kappa shape index (κ2) is 5.56. The quantitative estimate of drug-likeness (QED) is 0.773. The highest BCUT2D eigenvalue weighted by Crippen LogP contribution is 2.48. The van der Waals surface area contributed by atoms with Crippen LogP contribution in [0, 0.1) is 11.8 Å². The normalized spacial score (nSPS) is 26.2. The Hall–Kier alpha value is -1.36. The van der Waals surface area contributed by atoms with Crippen LogP contribution in [0.25, 0.3) is 0 Å². The highest BCUT2D eigenvalue weighted by molar-refractivity contribution is 5.88. The Bertz CT molecular complexity index is 423. The van der Waals surface area contributed by atoms with Gasteiger partial charge in [0.2, 0.25) is 5.91 Å². The van der Waals surface area contributed by atoms with E-state index in [-0.39, 0.29) is 18.4 Å². The minimum atomic E-state index is -0.878. The van der Waals surface area contributed by atoms with E-state index >= 15 is 0 Å². The summed E-state index contributed by atoms with van der Waals surface area (Å²) in [6.07, 6.45) is 6.31. The Labute approximate surface area is 118 Å². The molecule has 110 valence electrons. The van der Waals surface area contributed by atoms with Gasteiger partial charge in [-0.3, -0.25) is 9.59 Å². The zero-order chi connectivity index (χ0) is 14.1. The summed E-state index contributed by atoms with van der Waals surface area (Å²) in [6.45, 7) is 1.39. The van der Waals surface area contributed by atoms with Gasteiger partial charge >= 0.3 is 5.97 Å². The van der Waals surface area contributed by atoms with Crippen molar-refractivity contribution in [1.29, 1.82) is 0 Å². The molecule has 1 amide bonds. The van der Waals surface area contributed by atoms with Crippen LogP contribution in [0.3, 0.4) is 0 Å². The first-order valence-electron chi connectivity index (χ1n) is 7.47. The summed E-state index contributed by atoms with van der Waals surface area (Å²) >= 11 is 0. The zero-order valence-corrected chi connectivity index (χ0v) is 11.6. The number of carbonyl (C=O) groups is 2. The third-order valence-electron chi connectivity index (χ3n) is 4.24. The second-order valence-corrected chi connectivity index (χ2v) is 6.07. The Kier molecular flexibility index (Phi) is 3.78. The fourth-order valence-corrected chi connectivity index (χ4v) is 2.87. The smallest absolute Gasteiger partial charge is 0.306 e. The molecule has 0 aromatic heterocycles. The number of hydrogen-bond donors (Lipinski definition) is 1. The highest BCUT2D eigenvalue weighted by atomic mass is 16.5. The maximum absolute atomic E-state index is 12.4. The lowest BCUT2D eigenvalue weighted by atomic mass is 10.1. The molecule has 1 aliphatic heterocycles.